The van der Waals surface area contributed by atoms with E-state index in [1.807, 2.05) is 27.7 Å². The van der Waals surface area contributed by atoms with Gasteiger partial charge in [-0.05, 0) is 63.6 Å². The van der Waals surface area contributed by atoms with Crippen molar-refractivity contribution < 1.29 is 44.2 Å². The first-order chi connectivity index (χ1) is 22.9. The van der Waals surface area contributed by atoms with Crippen molar-refractivity contribution in [3.63, 3.8) is 0 Å². The highest BCUT2D eigenvalue weighted by molar-refractivity contribution is 5.70. The third-order valence-corrected chi connectivity index (χ3v) is 9.92. The first-order valence-electron chi connectivity index (χ1n) is 18.3. The highest BCUT2D eigenvalue weighted by Gasteiger charge is 2.48. The summed E-state index contributed by atoms with van der Waals surface area (Å²) in [6.07, 6.45) is 7.42. The van der Waals surface area contributed by atoms with Gasteiger partial charge in [0.2, 0.25) is 0 Å². The molecule has 2 saturated heterocycles. The fourth-order valence-electron chi connectivity index (χ4n) is 6.71. The van der Waals surface area contributed by atoms with E-state index < -0.39 is 47.7 Å². The Balaban J connectivity index is 1.69. The van der Waals surface area contributed by atoms with Crippen molar-refractivity contribution in [3.05, 3.63) is 36.5 Å². The SMILES string of the molecule is CC(C)CN1CCCN(C(=O)OC2C=CC(C)C(C=CC=CC(C)(O)CC3OC3C(C)C(O)C(C)C)OC(=O)CC(O)CCC2(C)O)CC1. The number of carbonyl (C=O) groups is 2. The molecule has 0 aromatic heterocycles. The summed E-state index contributed by atoms with van der Waals surface area (Å²) in [4.78, 5) is 30.2. The van der Waals surface area contributed by atoms with Gasteiger partial charge >= 0.3 is 12.1 Å². The molecule has 0 aliphatic carbocycles. The maximum absolute atomic E-state index is 13.4. The van der Waals surface area contributed by atoms with Gasteiger partial charge in [-0.1, -0.05) is 65.8 Å². The van der Waals surface area contributed by atoms with Gasteiger partial charge in [0, 0.05) is 44.4 Å². The van der Waals surface area contributed by atoms with Crippen LogP contribution in [0.5, 0.6) is 0 Å². The minimum atomic E-state index is -1.49. The number of esters is 1. The summed E-state index contributed by atoms with van der Waals surface area (Å²) in [5, 5.41) is 43.4. The molecule has 3 heterocycles. The van der Waals surface area contributed by atoms with E-state index >= 15 is 0 Å². The lowest BCUT2D eigenvalue weighted by atomic mass is 9.88. The summed E-state index contributed by atoms with van der Waals surface area (Å²) in [6, 6.07) is 0. The Bertz CT molecular complexity index is 1150. The molecule has 280 valence electrons. The molecule has 0 aromatic rings. The predicted octanol–water partition coefficient (Wildman–Crippen LogP) is 4.23. The molecular weight excluding hydrogens is 628 g/mol. The molecule has 1 amide bonds. The van der Waals surface area contributed by atoms with E-state index in [9.17, 15) is 30.0 Å². The Morgan fingerprint density at radius 2 is 1.86 bits per heavy atom. The molecule has 0 radical (unpaired) electrons. The molecule has 11 heteroatoms. The first-order valence-corrected chi connectivity index (χ1v) is 18.3. The van der Waals surface area contributed by atoms with Gasteiger partial charge in [0.25, 0.3) is 0 Å². The van der Waals surface area contributed by atoms with Gasteiger partial charge in [0.15, 0.2) is 6.10 Å². The topological polar surface area (TPSA) is 153 Å². The van der Waals surface area contributed by atoms with Gasteiger partial charge < -0.3 is 44.4 Å². The Labute approximate surface area is 294 Å². The number of hydrogen-bond acceptors (Lipinski definition) is 10. The number of aliphatic hydroxyl groups excluding tert-OH is 2. The highest BCUT2D eigenvalue weighted by atomic mass is 16.6. The average Bonchev–Trinajstić information content (AvgIpc) is 3.80. The quantitative estimate of drug-likeness (QED) is 0.107. The van der Waals surface area contributed by atoms with Gasteiger partial charge in [-0.2, -0.15) is 0 Å². The fourth-order valence-corrected chi connectivity index (χ4v) is 6.71. The van der Waals surface area contributed by atoms with Crippen LogP contribution in [0.15, 0.2) is 36.5 Å². The largest absolute Gasteiger partial charge is 0.457 e. The van der Waals surface area contributed by atoms with Crippen LogP contribution in [-0.4, -0.2) is 123 Å². The van der Waals surface area contributed by atoms with E-state index in [1.54, 1.807) is 55.2 Å². The lowest BCUT2D eigenvalue weighted by Gasteiger charge is -2.34. The fraction of sp³-hybridized carbons (Fsp3) is 0.789. The van der Waals surface area contributed by atoms with Crippen LogP contribution in [0, 0.1) is 23.7 Å². The summed E-state index contributed by atoms with van der Waals surface area (Å²) in [5.74, 6) is -0.319. The van der Waals surface area contributed by atoms with E-state index in [-0.39, 0.29) is 49.2 Å². The van der Waals surface area contributed by atoms with E-state index in [1.165, 1.54) is 0 Å². The summed E-state index contributed by atoms with van der Waals surface area (Å²) in [7, 11) is 0. The van der Waals surface area contributed by atoms with Crippen molar-refractivity contribution in [2.75, 3.05) is 32.7 Å². The molecule has 10 atom stereocenters. The van der Waals surface area contributed by atoms with Gasteiger partial charge in [0.1, 0.15) is 11.7 Å². The lowest BCUT2D eigenvalue weighted by molar-refractivity contribution is -0.151. The van der Waals surface area contributed by atoms with Crippen LogP contribution in [-0.2, 0) is 19.0 Å². The Morgan fingerprint density at radius 1 is 1.14 bits per heavy atom. The highest BCUT2D eigenvalue weighted by Crippen LogP contribution is 2.38. The molecule has 11 nitrogen and oxygen atoms in total. The van der Waals surface area contributed by atoms with Gasteiger partial charge in [0.05, 0.1) is 36.4 Å². The molecule has 2 fully saturated rings. The molecule has 0 spiro atoms. The number of nitrogens with zero attached hydrogens (tertiary/aromatic N) is 2. The van der Waals surface area contributed by atoms with Crippen LogP contribution in [0.25, 0.3) is 0 Å². The third-order valence-electron chi connectivity index (χ3n) is 9.92. The Morgan fingerprint density at radius 3 is 2.53 bits per heavy atom. The smallest absolute Gasteiger partial charge is 0.410 e. The van der Waals surface area contributed by atoms with E-state index in [0.29, 0.717) is 25.4 Å². The molecule has 4 N–H and O–H groups in total. The zero-order valence-electron chi connectivity index (χ0n) is 31.0. The average molecular weight is 693 g/mol. The van der Waals surface area contributed by atoms with Crippen molar-refractivity contribution in [3.8, 4) is 0 Å². The van der Waals surface area contributed by atoms with Gasteiger partial charge in [-0.15, -0.1) is 0 Å². The molecule has 0 aromatic carbocycles. The van der Waals surface area contributed by atoms with E-state index in [0.717, 1.165) is 26.1 Å². The summed E-state index contributed by atoms with van der Waals surface area (Å²) in [6.45, 7) is 19.1. The number of aliphatic hydroxyl groups is 4. The van der Waals surface area contributed by atoms with Gasteiger partial charge in [-0.3, -0.25) is 4.79 Å². The lowest BCUT2D eigenvalue weighted by Crippen LogP contribution is -2.45. The van der Waals surface area contributed by atoms with E-state index in [4.69, 9.17) is 14.2 Å². The second-order valence-electron chi connectivity index (χ2n) is 15.8. The summed E-state index contributed by atoms with van der Waals surface area (Å²) in [5.41, 5.74) is -2.64. The Hall–Kier alpha value is -2.28. The standard InChI is InChI=1S/C38H64N2O9/c1-25(2)24-39-18-11-19-40(21-20-39)36(44)49-32-14-13-27(5)30(47-33(42)22-29(41)15-17-38(32,8)46)12-9-10-16-37(7,45)23-31-35(48-31)28(6)34(43)26(3)4/h9-10,12-14,16,25-32,34-35,41,43,45-46H,11,15,17-24H2,1-8H3. The predicted molar refractivity (Wildman–Crippen MR) is 189 cm³/mol. The number of epoxide rings is 1. The van der Waals surface area contributed by atoms with Crippen molar-refractivity contribution in [2.45, 2.75) is 135 Å². The van der Waals surface area contributed by atoms with Crippen LogP contribution < -0.4 is 0 Å². The number of amides is 1. The molecule has 3 aliphatic rings. The van der Waals surface area contributed by atoms with Crippen molar-refractivity contribution >= 4 is 12.1 Å². The number of hydrogen-bond donors (Lipinski definition) is 4. The van der Waals surface area contributed by atoms with Crippen LogP contribution in [0.2, 0.25) is 0 Å². The zero-order valence-corrected chi connectivity index (χ0v) is 31.0. The molecule has 3 aliphatic heterocycles. The summed E-state index contributed by atoms with van der Waals surface area (Å²) < 4.78 is 17.5. The van der Waals surface area contributed by atoms with Crippen molar-refractivity contribution in [1.82, 2.24) is 9.80 Å². The number of ether oxygens (including phenoxy) is 3. The molecule has 0 bridgehead atoms. The van der Waals surface area contributed by atoms with Crippen molar-refractivity contribution in [2.24, 2.45) is 23.7 Å². The number of cyclic esters (lactones) is 1. The Kier molecular flexibility index (Phi) is 15.4. The normalized spacial score (nSPS) is 33.5. The molecule has 49 heavy (non-hydrogen) atoms. The second kappa shape index (κ2) is 18.3. The summed E-state index contributed by atoms with van der Waals surface area (Å²) >= 11 is 0. The van der Waals surface area contributed by atoms with Crippen LogP contribution in [0.4, 0.5) is 4.79 Å². The molecule has 10 unspecified atom stereocenters. The first kappa shape index (κ1) is 41.1. The number of rotatable bonds is 11. The molecule has 3 rings (SSSR count). The van der Waals surface area contributed by atoms with Gasteiger partial charge in [-0.25, -0.2) is 4.79 Å². The maximum Gasteiger partial charge on any atom is 0.410 e. The molecule has 0 saturated carbocycles. The monoisotopic (exact) mass is 692 g/mol. The number of carbonyl (C=O) groups excluding carboxylic acids is 2. The zero-order chi connectivity index (χ0) is 36.5. The molecular formula is C38H64N2O9. The number of allylic oxidation sites excluding steroid dienone is 2. The maximum atomic E-state index is 13.4. The van der Waals surface area contributed by atoms with Crippen molar-refractivity contribution in [1.29, 1.82) is 0 Å². The van der Waals surface area contributed by atoms with Crippen LogP contribution >= 0.6 is 0 Å². The van der Waals surface area contributed by atoms with Crippen LogP contribution in [0.1, 0.15) is 87.5 Å². The minimum Gasteiger partial charge on any atom is -0.457 e. The van der Waals surface area contributed by atoms with Crippen LogP contribution in [0.3, 0.4) is 0 Å². The van der Waals surface area contributed by atoms with E-state index in [2.05, 4.69) is 18.7 Å². The third kappa shape index (κ3) is 13.4. The second-order valence-corrected chi connectivity index (χ2v) is 15.8. The minimum absolute atomic E-state index is 0.0322.